The fourth-order valence-electron chi connectivity index (χ4n) is 7.84. The topological polar surface area (TPSA) is 108 Å². The summed E-state index contributed by atoms with van der Waals surface area (Å²) in [5, 5.41) is 0. The van der Waals surface area contributed by atoms with Crippen LogP contribution < -0.4 is 0 Å². The van der Waals surface area contributed by atoms with Crippen molar-refractivity contribution in [1.29, 1.82) is 0 Å². The molecule has 1 N–H and O–H groups in total. The summed E-state index contributed by atoms with van der Waals surface area (Å²) in [4.78, 5) is 35.6. The third-order valence-corrected chi connectivity index (χ3v) is 13.0. The van der Waals surface area contributed by atoms with E-state index in [0.717, 1.165) is 32.1 Å². The summed E-state index contributed by atoms with van der Waals surface area (Å²) in [6, 6.07) is 0. The Morgan fingerprint density at radius 2 is 0.810 bits per heavy atom. The van der Waals surface area contributed by atoms with Crippen LogP contribution in [0.5, 0.6) is 0 Å². The molecule has 374 valence electrons. The minimum Gasteiger partial charge on any atom is -0.462 e. The third kappa shape index (κ3) is 50.0. The van der Waals surface area contributed by atoms with E-state index in [1.165, 1.54) is 199 Å². The van der Waals surface area contributed by atoms with Crippen molar-refractivity contribution in [3.05, 3.63) is 12.2 Å². The fourth-order valence-corrected chi connectivity index (χ4v) is 8.58. The van der Waals surface area contributed by atoms with Crippen molar-refractivity contribution < 1.29 is 42.1 Å². The van der Waals surface area contributed by atoms with Gasteiger partial charge in [0, 0.05) is 12.8 Å². The molecule has 2 atom stereocenters. The zero-order valence-electron chi connectivity index (χ0n) is 42.3. The maximum atomic E-state index is 12.8. The predicted molar refractivity (Wildman–Crippen MR) is 266 cm³/mol. The van der Waals surface area contributed by atoms with E-state index >= 15 is 0 Å². The predicted octanol–water partition coefficient (Wildman–Crippen LogP) is 16.1. The number of phosphoric ester groups is 1. The van der Waals surface area contributed by atoms with Gasteiger partial charge in [-0.05, 0) is 38.5 Å². The lowest BCUT2D eigenvalue weighted by Gasteiger charge is -2.24. The number of carbonyl (C=O) groups excluding carboxylic acids is 2. The van der Waals surface area contributed by atoms with Crippen LogP contribution in [0.2, 0.25) is 0 Å². The Hall–Kier alpha value is -1.25. The van der Waals surface area contributed by atoms with Gasteiger partial charge in [-0.15, -0.1) is 0 Å². The molecule has 0 fully saturated rings. The largest absolute Gasteiger partial charge is 0.472 e. The lowest BCUT2D eigenvalue weighted by Crippen LogP contribution is -2.37. The molecule has 0 radical (unpaired) electrons. The minimum absolute atomic E-state index is 0.0349. The number of quaternary nitrogens is 1. The van der Waals surface area contributed by atoms with Crippen molar-refractivity contribution in [1.82, 2.24) is 0 Å². The van der Waals surface area contributed by atoms with E-state index in [-0.39, 0.29) is 25.6 Å². The highest BCUT2D eigenvalue weighted by Crippen LogP contribution is 2.43. The van der Waals surface area contributed by atoms with Crippen LogP contribution in [0.1, 0.15) is 264 Å². The molecular weight excluding hydrogens is 810 g/mol. The maximum Gasteiger partial charge on any atom is 0.472 e. The quantitative estimate of drug-likeness (QED) is 0.0211. The number of likely N-dealkylation sites (N-methyl/N-ethyl adjacent to an activating group) is 1. The number of hydrogen-bond donors (Lipinski definition) is 1. The van der Waals surface area contributed by atoms with Crippen molar-refractivity contribution in [3.8, 4) is 0 Å². The molecule has 0 aromatic carbocycles. The van der Waals surface area contributed by atoms with Gasteiger partial charge in [0.1, 0.15) is 19.8 Å². The Bertz CT molecular complexity index is 1080. The zero-order valence-corrected chi connectivity index (χ0v) is 43.2. The molecule has 0 saturated carbocycles. The summed E-state index contributed by atoms with van der Waals surface area (Å²) in [5.41, 5.74) is 0. The molecular formula is C53H105NO8P+. The Balaban J connectivity index is 4.16. The molecule has 0 aliphatic heterocycles. The van der Waals surface area contributed by atoms with Gasteiger partial charge in [0.15, 0.2) is 6.10 Å². The molecule has 0 saturated heterocycles. The summed E-state index contributed by atoms with van der Waals surface area (Å²) < 4.78 is 34.5. The monoisotopic (exact) mass is 915 g/mol. The Morgan fingerprint density at radius 3 is 1.19 bits per heavy atom. The molecule has 0 heterocycles. The van der Waals surface area contributed by atoms with Crippen LogP contribution in [0, 0.1) is 0 Å². The first-order valence-electron chi connectivity index (χ1n) is 26.9. The van der Waals surface area contributed by atoms with E-state index in [0.29, 0.717) is 23.9 Å². The van der Waals surface area contributed by atoms with E-state index in [9.17, 15) is 19.0 Å². The zero-order chi connectivity index (χ0) is 46.4. The molecule has 0 amide bonds. The summed E-state index contributed by atoms with van der Waals surface area (Å²) in [5.74, 6) is -0.784. The molecule has 0 aliphatic carbocycles. The van der Waals surface area contributed by atoms with Crippen LogP contribution in [0.4, 0.5) is 0 Å². The molecule has 0 aromatic rings. The molecule has 9 nitrogen and oxygen atoms in total. The number of allylic oxidation sites excluding steroid dienone is 2. The van der Waals surface area contributed by atoms with Gasteiger partial charge >= 0.3 is 19.8 Å². The molecule has 1 unspecified atom stereocenters. The van der Waals surface area contributed by atoms with E-state index in [1.807, 2.05) is 21.1 Å². The molecule has 0 bridgehead atoms. The van der Waals surface area contributed by atoms with Gasteiger partial charge in [-0.2, -0.15) is 0 Å². The molecule has 0 aromatic heterocycles. The van der Waals surface area contributed by atoms with Crippen LogP contribution in [-0.2, 0) is 32.7 Å². The lowest BCUT2D eigenvalue weighted by molar-refractivity contribution is -0.870. The minimum atomic E-state index is -4.38. The number of ether oxygens (including phenoxy) is 2. The first-order valence-corrected chi connectivity index (χ1v) is 28.4. The highest BCUT2D eigenvalue weighted by atomic mass is 31.2. The number of carbonyl (C=O) groups is 2. The van der Waals surface area contributed by atoms with Crippen molar-refractivity contribution in [2.24, 2.45) is 0 Å². The average molecular weight is 915 g/mol. The Morgan fingerprint density at radius 1 is 0.476 bits per heavy atom. The molecule has 0 aliphatic rings. The standard InChI is InChI=1S/C53H104NO8P/c1-6-8-10-12-14-16-18-20-22-24-25-26-27-28-30-31-33-35-37-39-41-43-45-52(55)59-49-51(50-61-63(57,58)60-48-47-54(3,4)5)62-53(56)46-44-42-40-38-36-34-32-29-23-21-19-17-15-13-11-9-7-2/h17,19,51H,6-16,18,20-50H2,1-5H3/p+1/b19-17+/t51-/m1/s1. The normalized spacial score (nSPS) is 13.4. The summed E-state index contributed by atoms with van der Waals surface area (Å²) in [7, 11) is 1.49. The molecule has 10 heteroatoms. The van der Waals surface area contributed by atoms with E-state index < -0.39 is 26.5 Å². The van der Waals surface area contributed by atoms with E-state index in [4.69, 9.17) is 18.5 Å². The van der Waals surface area contributed by atoms with Crippen molar-refractivity contribution in [3.63, 3.8) is 0 Å². The van der Waals surface area contributed by atoms with Crippen LogP contribution >= 0.6 is 7.82 Å². The molecule has 0 rings (SSSR count). The van der Waals surface area contributed by atoms with Gasteiger partial charge in [0.05, 0.1) is 27.7 Å². The van der Waals surface area contributed by atoms with Gasteiger partial charge in [0.25, 0.3) is 0 Å². The maximum absolute atomic E-state index is 12.8. The summed E-state index contributed by atoms with van der Waals surface area (Å²) in [6.07, 6.45) is 51.2. The van der Waals surface area contributed by atoms with Gasteiger partial charge in [-0.1, -0.05) is 225 Å². The van der Waals surface area contributed by atoms with Gasteiger partial charge in [0.2, 0.25) is 0 Å². The second kappa shape index (κ2) is 45.9. The fraction of sp³-hybridized carbons (Fsp3) is 0.925. The second-order valence-electron chi connectivity index (χ2n) is 19.6. The lowest BCUT2D eigenvalue weighted by atomic mass is 10.0. The number of rotatable bonds is 50. The average Bonchev–Trinajstić information content (AvgIpc) is 3.24. The van der Waals surface area contributed by atoms with Gasteiger partial charge in [-0.25, -0.2) is 4.57 Å². The second-order valence-corrected chi connectivity index (χ2v) is 21.1. The van der Waals surface area contributed by atoms with Crippen molar-refractivity contribution >= 4 is 19.8 Å². The van der Waals surface area contributed by atoms with Gasteiger partial charge in [-0.3, -0.25) is 18.6 Å². The number of phosphoric acid groups is 1. The van der Waals surface area contributed by atoms with Crippen LogP contribution in [0.15, 0.2) is 12.2 Å². The van der Waals surface area contributed by atoms with Crippen molar-refractivity contribution in [2.45, 2.75) is 270 Å². The first-order chi connectivity index (χ1) is 30.5. The van der Waals surface area contributed by atoms with Crippen LogP contribution in [0.3, 0.4) is 0 Å². The molecule has 63 heavy (non-hydrogen) atoms. The highest BCUT2D eigenvalue weighted by Gasteiger charge is 2.27. The highest BCUT2D eigenvalue weighted by molar-refractivity contribution is 7.47. The third-order valence-electron chi connectivity index (χ3n) is 12.0. The summed E-state index contributed by atoms with van der Waals surface area (Å²) >= 11 is 0. The Labute approximate surface area is 390 Å². The van der Waals surface area contributed by atoms with Crippen LogP contribution in [0.25, 0.3) is 0 Å². The smallest absolute Gasteiger partial charge is 0.462 e. The van der Waals surface area contributed by atoms with E-state index in [2.05, 4.69) is 26.0 Å². The van der Waals surface area contributed by atoms with Crippen molar-refractivity contribution in [2.75, 3.05) is 47.5 Å². The van der Waals surface area contributed by atoms with Gasteiger partial charge < -0.3 is 18.9 Å². The number of hydrogen-bond acceptors (Lipinski definition) is 7. The van der Waals surface area contributed by atoms with Crippen LogP contribution in [-0.4, -0.2) is 74.9 Å². The van der Waals surface area contributed by atoms with E-state index in [1.54, 1.807) is 0 Å². The Kier molecular flexibility index (Phi) is 45.0. The summed E-state index contributed by atoms with van der Waals surface area (Å²) in [6.45, 7) is 4.47. The number of unbranched alkanes of at least 4 members (excludes halogenated alkanes) is 34. The number of esters is 2. The first kappa shape index (κ1) is 61.8. The molecule has 0 spiro atoms. The number of nitrogens with zero attached hydrogens (tertiary/aromatic N) is 1. The SMILES string of the molecule is CCCCCC/C=C/CCCCCCCCCCCC(=O)O[C@H](COC(=O)CCCCCCCCCCCCCCCCCCCCCCCC)COP(=O)(O)OCC[N+](C)(C)C.